The zero-order valence-electron chi connectivity index (χ0n) is 13.9. The molecular weight excluding hydrogens is 372 g/mol. The fourth-order valence-electron chi connectivity index (χ4n) is 2.40. The van der Waals surface area contributed by atoms with E-state index < -0.39 is 17.1 Å². The van der Waals surface area contributed by atoms with E-state index in [2.05, 4.69) is 5.32 Å². The molecule has 2 aromatic carbocycles. The molecule has 0 unspecified atom stereocenters. The first-order valence-electron chi connectivity index (χ1n) is 7.80. The lowest BCUT2D eigenvalue weighted by Crippen LogP contribution is -2.36. The van der Waals surface area contributed by atoms with E-state index in [4.69, 9.17) is 11.6 Å². The Balaban J connectivity index is 1.70. The SMILES string of the molecule is Cc1ccc(Cl)cc1NC(=O)CN1C(=O)S/C(=C/c2ccccc2)C1=O. The average molecular weight is 387 g/mol. The molecule has 26 heavy (non-hydrogen) atoms. The molecule has 3 rings (SSSR count). The molecular formula is C19H15ClN2O3S. The highest BCUT2D eigenvalue weighted by atomic mass is 35.5. The van der Waals surface area contributed by atoms with Gasteiger partial charge in [0.15, 0.2) is 0 Å². The standard InChI is InChI=1S/C19H15ClN2O3S/c1-12-7-8-14(20)10-15(12)21-17(23)11-22-18(24)16(26-19(22)25)9-13-5-3-2-4-6-13/h2-10H,11H2,1H3,(H,21,23)/b16-9+. The minimum Gasteiger partial charge on any atom is -0.324 e. The lowest BCUT2D eigenvalue weighted by Gasteiger charge is -2.13. The number of thioether (sulfide) groups is 1. The highest BCUT2D eigenvalue weighted by molar-refractivity contribution is 8.18. The lowest BCUT2D eigenvalue weighted by atomic mass is 10.2. The second-order valence-corrected chi connectivity index (χ2v) is 7.12. The second kappa shape index (κ2) is 7.76. The van der Waals surface area contributed by atoms with Gasteiger partial charge in [0.25, 0.3) is 11.1 Å². The molecule has 2 aromatic rings. The van der Waals surface area contributed by atoms with E-state index >= 15 is 0 Å². The van der Waals surface area contributed by atoms with Crippen LogP contribution in [0.15, 0.2) is 53.4 Å². The van der Waals surface area contributed by atoms with Crippen LogP contribution in [0.4, 0.5) is 10.5 Å². The number of imide groups is 1. The van der Waals surface area contributed by atoms with Crippen LogP contribution in [0.5, 0.6) is 0 Å². The molecule has 1 saturated heterocycles. The Bertz CT molecular complexity index is 912. The normalized spacial score (nSPS) is 15.6. The molecule has 0 aromatic heterocycles. The number of hydrogen-bond donors (Lipinski definition) is 1. The van der Waals surface area contributed by atoms with Gasteiger partial charge < -0.3 is 5.32 Å². The van der Waals surface area contributed by atoms with Gasteiger partial charge in [-0.15, -0.1) is 0 Å². The minimum absolute atomic E-state index is 0.299. The van der Waals surface area contributed by atoms with E-state index in [1.165, 1.54) is 0 Å². The van der Waals surface area contributed by atoms with Crippen LogP contribution in [0, 0.1) is 6.92 Å². The molecule has 0 aliphatic carbocycles. The van der Waals surface area contributed by atoms with Crippen LogP contribution in [0.3, 0.4) is 0 Å². The van der Waals surface area contributed by atoms with Crippen molar-refractivity contribution in [2.75, 3.05) is 11.9 Å². The van der Waals surface area contributed by atoms with E-state index in [-0.39, 0.29) is 6.54 Å². The molecule has 0 atom stereocenters. The number of benzene rings is 2. The van der Waals surface area contributed by atoms with Gasteiger partial charge in [-0.2, -0.15) is 0 Å². The van der Waals surface area contributed by atoms with Crippen LogP contribution in [-0.2, 0) is 9.59 Å². The lowest BCUT2D eigenvalue weighted by molar-refractivity contribution is -0.127. The van der Waals surface area contributed by atoms with Crippen molar-refractivity contribution in [1.82, 2.24) is 4.90 Å². The summed E-state index contributed by atoms with van der Waals surface area (Å²) in [6.07, 6.45) is 1.64. The first-order valence-corrected chi connectivity index (χ1v) is 9.00. The number of carbonyl (C=O) groups excluding carboxylic acids is 3. The predicted octanol–water partition coefficient (Wildman–Crippen LogP) is 4.32. The summed E-state index contributed by atoms with van der Waals surface area (Å²) in [6.45, 7) is 1.48. The fraction of sp³-hybridized carbons (Fsp3) is 0.105. The van der Waals surface area contributed by atoms with Gasteiger partial charge in [-0.3, -0.25) is 19.3 Å². The maximum atomic E-state index is 12.4. The second-order valence-electron chi connectivity index (χ2n) is 5.69. The highest BCUT2D eigenvalue weighted by Crippen LogP contribution is 2.32. The molecule has 0 spiro atoms. The molecule has 0 radical (unpaired) electrons. The van der Waals surface area contributed by atoms with Gasteiger partial charge in [0.1, 0.15) is 6.54 Å². The van der Waals surface area contributed by atoms with Crippen molar-refractivity contribution in [3.8, 4) is 0 Å². The molecule has 1 aliphatic rings. The smallest absolute Gasteiger partial charge is 0.294 e. The Hall–Kier alpha value is -2.57. The molecule has 1 N–H and O–H groups in total. The van der Waals surface area contributed by atoms with Gasteiger partial charge in [0.05, 0.1) is 4.91 Å². The van der Waals surface area contributed by atoms with Crippen LogP contribution in [0.2, 0.25) is 5.02 Å². The summed E-state index contributed by atoms with van der Waals surface area (Å²) >= 11 is 6.76. The summed E-state index contributed by atoms with van der Waals surface area (Å²) in [5.41, 5.74) is 2.20. The van der Waals surface area contributed by atoms with Crippen molar-refractivity contribution in [3.63, 3.8) is 0 Å². The van der Waals surface area contributed by atoms with Gasteiger partial charge in [-0.25, -0.2) is 0 Å². The molecule has 7 heteroatoms. The zero-order chi connectivity index (χ0) is 18.7. The summed E-state index contributed by atoms with van der Waals surface area (Å²) < 4.78 is 0. The summed E-state index contributed by atoms with van der Waals surface area (Å²) in [4.78, 5) is 38.1. The average Bonchev–Trinajstić information content (AvgIpc) is 2.86. The Kier molecular flexibility index (Phi) is 5.44. The summed E-state index contributed by atoms with van der Waals surface area (Å²) in [6, 6.07) is 14.3. The maximum Gasteiger partial charge on any atom is 0.294 e. The van der Waals surface area contributed by atoms with Crippen molar-refractivity contribution >= 4 is 52.2 Å². The number of anilines is 1. The van der Waals surface area contributed by atoms with Crippen LogP contribution in [0.25, 0.3) is 6.08 Å². The number of nitrogens with zero attached hydrogens (tertiary/aromatic N) is 1. The number of rotatable bonds is 4. The molecule has 132 valence electrons. The van der Waals surface area contributed by atoms with E-state index in [9.17, 15) is 14.4 Å². The number of halogens is 1. The molecule has 3 amide bonds. The van der Waals surface area contributed by atoms with Gasteiger partial charge >= 0.3 is 0 Å². The van der Waals surface area contributed by atoms with Crippen molar-refractivity contribution in [2.24, 2.45) is 0 Å². The highest BCUT2D eigenvalue weighted by Gasteiger charge is 2.36. The molecule has 1 fully saturated rings. The van der Waals surface area contributed by atoms with Gasteiger partial charge in [-0.05, 0) is 48.0 Å². The third-order valence-electron chi connectivity index (χ3n) is 3.75. The number of nitrogens with one attached hydrogen (secondary N) is 1. The maximum absolute atomic E-state index is 12.4. The van der Waals surface area contributed by atoms with Crippen LogP contribution in [0.1, 0.15) is 11.1 Å². The number of aryl methyl sites for hydroxylation is 1. The van der Waals surface area contributed by atoms with Crippen molar-refractivity contribution < 1.29 is 14.4 Å². The van der Waals surface area contributed by atoms with E-state index in [0.29, 0.717) is 15.6 Å². The summed E-state index contributed by atoms with van der Waals surface area (Å²) in [5.74, 6) is -0.930. The fourth-order valence-corrected chi connectivity index (χ4v) is 3.41. The third-order valence-corrected chi connectivity index (χ3v) is 4.89. The van der Waals surface area contributed by atoms with Gasteiger partial charge in [0.2, 0.25) is 5.91 Å². The molecule has 1 aliphatic heterocycles. The number of carbonyl (C=O) groups is 3. The van der Waals surface area contributed by atoms with E-state index in [1.807, 2.05) is 37.3 Å². The number of hydrogen-bond acceptors (Lipinski definition) is 4. The summed E-state index contributed by atoms with van der Waals surface area (Å²) in [7, 11) is 0. The first-order chi connectivity index (χ1) is 12.4. The topological polar surface area (TPSA) is 66.5 Å². The number of amides is 3. The third kappa shape index (κ3) is 4.15. The molecule has 0 saturated carbocycles. The minimum atomic E-state index is -0.471. The molecule has 5 nitrogen and oxygen atoms in total. The van der Waals surface area contributed by atoms with Gasteiger partial charge in [0, 0.05) is 10.7 Å². The van der Waals surface area contributed by atoms with Crippen molar-refractivity contribution in [2.45, 2.75) is 6.92 Å². The Morgan fingerprint density at radius 1 is 1.19 bits per heavy atom. The van der Waals surface area contributed by atoms with E-state index in [1.54, 1.807) is 24.3 Å². The van der Waals surface area contributed by atoms with E-state index in [0.717, 1.165) is 27.8 Å². The van der Waals surface area contributed by atoms with Crippen LogP contribution >= 0.6 is 23.4 Å². The largest absolute Gasteiger partial charge is 0.324 e. The first kappa shape index (κ1) is 18.2. The quantitative estimate of drug-likeness (QED) is 0.794. The Morgan fingerprint density at radius 2 is 1.92 bits per heavy atom. The van der Waals surface area contributed by atoms with Crippen LogP contribution in [-0.4, -0.2) is 28.5 Å². The van der Waals surface area contributed by atoms with Crippen molar-refractivity contribution in [1.29, 1.82) is 0 Å². The Morgan fingerprint density at radius 3 is 2.65 bits per heavy atom. The summed E-state index contributed by atoms with van der Waals surface area (Å²) in [5, 5.41) is 2.71. The predicted molar refractivity (Wildman–Crippen MR) is 104 cm³/mol. The van der Waals surface area contributed by atoms with Crippen molar-refractivity contribution in [3.05, 3.63) is 69.6 Å². The zero-order valence-corrected chi connectivity index (χ0v) is 15.4. The van der Waals surface area contributed by atoms with Gasteiger partial charge in [-0.1, -0.05) is 48.0 Å². The van der Waals surface area contributed by atoms with Crippen LogP contribution < -0.4 is 5.32 Å². The monoisotopic (exact) mass is 386 g/mol. The Labute approximate surface area is 160 Å². The molecule has 0 bridgehead atoms. The molecule has 1 heterocycles.